The number of amides is 1. The normalized spacial score (nSPS) is 28.1. The maximum atomic E-state index is 11.5. The number of carbonyl (C=O) groups excluding carboxylic acids is 1. The SMILES string of the molecule is CC1CCCC(CNCCCC(=O)NC2CC2)C1. The van der Waals surface area contributed by atoms with Gasteiger partial charge < -0.3 is 10.6 Å². The Bertz CT molecular complexity index is 263. The van der Waals surface area contributed by atoms with Gasteiger partial charge in [0.15, 0.2) is 0 Å². The third-order valence-electron chi connectivity index (χ3n) is 4.18. The first-order valence-corrected chi connectivity index (χ1v) is 7.74. The summed E-state index contributed by atoms with van der Waals surface area (Å²) in [6.07, 6.45) is 9.61. The lowest BCUT2D eigenvalue weighted by molar-refractivity contribution is -0.121. The van der Waals surface area contributed by atoms with Crippen molar-refractivity contribution in [2.75, 3.05) is 13.1 Å². The van der Waals surface area contributed by atoms with Gasteiger partial charge in [-0.25, -0.2) is 0 Å². The molecule has 0 saturated heterocycles. The predicted molar refractivity (Wildman–Crippen MR) is 74.4 cm³/mol. The van der Waals surface area contributed by atoms with Crippen molar-refractivity contribution in [1.29, 1.82) is 0 Å². The molecule has 1 amide bonds. The van der Waals surface area contributed by atoms with E-state index in [1.165, 1.54) is 38.5 Å². The second-order valence-electron chi connectivity index (χ2n) is 6.29. The van der Waals surface area contributed by atoms with Crippen LogP contribution in [-0.4, -0.2) is 25.0 Å². The molecule has 0 spiro atoms. The Kier molecular flexibility index (Phi) is 5.48. The van der Waals surface area contributed by atoms with Crippen molar-refractivity contribution < 1.29 is 4.79 Å². The molecule has 0 aliphatic heterocycles. The summed E-state index contributed by atoms with van der Waals surface area (Å²) >= 11 is 0. The van der Waals surface area contributed by atoms with E-state index in [-0.39, 0.29) is 5.91 Å². The number of hydrogen-bond donors (Lipinski definition) is 2. The molecule has 2 unspecified atom stereocenters. The summed E-state index contributed by atoms with van der Waals surface area (Å²) < 4.78 is 0. The van der Waals surface area contributed by atoms with E-state index in [0.29, 0.717) is 12.5 Å². The van der Waals surface area contributed by atoms with Gasteiger partial charge in [-0.2, -0.15) is 0 Å². The summed E-state index contributed by atoms with van der Waals surface area (Å²) in [5.74, 6) is 2.02. The molecule has 0 aromatic carbocycles. The molecule has 0 aromatic heterocycles. The van der Waals surface area contributed by atoms with Crippen LogP contribution in [0.3, 0.4) is 0 Å². The molecule has 2 atom stereocenters. The summed E-state index contributed by atoms with van der Waals surface area (Å²) in [5, 5.41) is 6.55. The largest absolute Gasteiger partial charge is 0.353 e. The predicted octanol–water partition coefficient (Wildman–Crippen LogP) is 2.46. The van der Waals surface area contributed by atoms with E-state index in [1.54, 1.807) is 0 Å². The Balaban J connectivity index is 1.44. The molecule has 0 radical (unpaired) electrons. The molecule has 2 N–H and O–H groups in total. The molecule has 0 bridgehead atoms. The topological polar surface area (TPSA) is 41.1 Å². The Hall–Kier alpha value is -0.570. The minimum absolute atomic E-state index is 0.241. The van der Waals surface area contributed by atoms with E-state index >= 15 is 0 Å². The van der Waals surface area contributed by atoms with Crippen LogP contribution in [0.5, 0.6) is 0 Å². The molecule has 2 aliphatic rings. The van der Waals surface area contributed by atoms with E-state index in [0.717, 1.165) is 31.3 Å². The summed E-state index contributed by atoms with van der Waals surface area (Å²) in [6.45, 7) is 4.51. The van der Waals surface area contributed by atoms with Crippen LogP contribution >= 0.6 is 0 Å². The molecule has 3 nitrogen and oxygen atoms in total. The Labute approximate surface area is 111 Å². The van der Waals surface area contributed by atoms with E-state index in [2.05, 4.69) is 17.6 Å². The summed E-state index contributed by atoms with van der Waals surface area (Å²) in [7, 11) is 0. The van der Waals surface area contributed by atoms with E-state index in [4.69, 9.17) is 0 Å². The van der Waals surface area contributed by atoms with Gasteiger partial charge in [0.05, 0.1) is 0 Å². The minimum atomic E-state index is 0.241. The van der Waals surface area contributed by atoms with Crippen molar-refractivity contribution in [1.82, 2.24) is 10.6 Å². The van der Waals surface area contributed by atoms with Crippen LogP contribution in [0.15, 0.2) is 0 Å². The number of hydrogen-bond acceptors (Lipinski definition) is 2. The Morgan fingerprint density at radius 1 is 1.22 bits per heavy atom. The van der Waals surface area contributed by atoms with Crippen molar-refractivity contribution >= 4 is 5.91 Å². The van der Waals surface area contributed by atoms with Gasteiger partial charge in [-0.1, -0.05) is 19.8 Å². The molecule has 104 valence electrons. The average molecular weight is 252 g/mol. The van der Waals surface area contributed by atoms with Gasteiger partial charge >= 0.3 is 0 Å². The number of rotatable bonds is 7. The maximum Gasteiger partial charge on any atom is 0.220 e. The first-order valence-electron chi connectivity index (χ1n) is 7.74. The van der Waals surface area contributed by atoms with Crippen LogP contribution in [0.2, 0.25) is 0 Å². The van der Waals surface area contributed by atoms with Gasteiger partial charge in [-0.05, 0) is 57.0 Å². The van der Waals surface area contributed by atoms with E-state index in [1.807, 2.05) is 0 Å². The fraction of sp³-hybridized carbons (Fsp3) is 0.933. The second kappa shape index (κ2) is 7.13. The lowest BCUT2D eigenvalue weighted by Gasteiger charge is -2.26. The van der Waals surface area contributed by atoms with E-state index in [9.17, 15) is 4.79 Å². The van der Waals surface area contributed by atoms with Crippen molar-refractivity contribution in [3.05, 3.63) is 0 Å². The number of carbonyl (C=O) groups is 1. The van der Waals surface area contributed by atoms with E-state index < -0.39 is 0 Å². The van der Waals surface area contributed by atoms with Gasteiger partial charge in [0.1, 0.15) is 0 Å². The molecule has 2 fully saturated rings. The van der Waals surface area contributed by atoms with Crippen molar-refractivity contribution in [3.8, 4) is 0 Å². The molecule has 2 aliphatic carbocycles. The number of nitrogens with one attached hydrogen (secondary N) is 2. The third-order valence-corrected chi connectivity index (χ3v) is 4.18. The van der Waals surface area contributed by atoms with Crippen molar-refractivity contribution in [3.63, 3.8) is 0 Å². The molecule has 0 heterocycles. The fourth-order valence-electron chi connectivity index (χ4n) is 2.95. The first-order chi connectivity index (χ1) is 8.74. The zero-order chi connectivity index (χ0) is 12.8. The lowest BCUT2D eigenvalue weighted by atomic mass is 9.82. The first kappa shape index (κ1) is 13.9. The molecule has 3 heteroatoms. The lowest BCUT2D eigenvalue weighted by Crippen LogP contribution is -2.29. The van der Waals surface area contributed by atoms with Crippen LogP contribution in [-0.2, 0) is 4.79 Å². The fourth-order valence-corrected chi connectivity index (χ4v) is 2.95. The molecule has 2 saturated carbocycles. The molecular weight excluding hydrogens is 224 g/mol. The van der Waals surface area contributed by atoms with Gasteiger partial charge in [0, 0.05) is 12.5 Å². The van der Waals surface area contributed by atoms with Crippen LogP contribution in [0.25, 0.3) is 0 Å². The third kappa shape index (κ3) is 5.38. The standard InChI is InChI=1S/C15H28N2O/c1-12-4-2-5-13(10-12)11-16-9-3-6-15(18)17-14-7-8-14/h12-14,16H,2-11H2,1H3,(H,17,18). The molecule has 2 rings (SSSR count). The van der Waals surface area contributed by atoms with Crippen LogP contribution in [0.1, 0.15) is 58.3 Å². The van der Waals surface area contributed by atoms with Gasteiger partial charge in [-0.3, -0.25) is 4.79 Å². The van der Waals surface area contributed by atoms with Gasteiger partial charge in [-0.15, -0.1) is 0 Å². The molecule has 18 heavy (non-hydrogen) atoms. The summed E-state index contributed by atoms with van der Waals surface area (Å²) in [6, 6.07) is 0.509. The summed E-state index contributed by atoms with van der Waals surface area (Å²) in [5.41, 5.74) is 0. The monoisotopic (exact) mass is 252 g/mol. The quantitative estimate of drug-likeness (QED) is 0.683. The zero-order valence-electron chi connectivity index (χ0n) is 11.7. The van der Waals surface area contributed by atoms with Crippen molar-refractivity contribution in [2.45, 2.75) is 64.3 Å². The highest BCUT2D eigenvalue weighted by molar-refractivity contribution is 5.76. The van der Waals surface area contributed by atoms with Gasteiger partial charge in [0.25, 0.3) is 0 Å². The zero-order valence-corrected chi connectivity index (χ0v) is 11.7. The second-order valence-corrected chi connectivity index (χ2v) is 6.29. The highest BCUT2D eigenvalue weighted by Gasteiger charge is 2.22. The van der Waals surface area contributed by atoms with Gasteiger partial charge in [0.2, 0.25) is 5.91 Å². The summed E-state index contributed by atoms with van der Waals surface area (Å²) in [4.78, 5) is 11.5. The molecular formula is C15H28N2O. The maximum absolute atomic E-state index is 11.5. The van der Waals surface area contributed by atoms with Crippen molar-refractivity contribution in [2.24, 2.45) is 11.8 Å². The van der Waals surface area contributed by atoms with Crippen LogP contribution < -0.4 is 10.6 Å². The highest BCUT2D eigenvalue weighted by Crippen LogP contribution is 2.27. The molecule has 0 aromatic rings. The van der Waals surface area contributed by atoms with Crippen LogP contribution in [0, 0.1) is 11.8 Å². The Morgan fingerprint density at radius 2 is 2.06 bits per heavy atom. The average Bonchev–Trinajstić information content (AvgIpc) is 3.12. The Morgan fingerprint density at radius 3 is 2.78 bits per heavy atom. The van der Waals surface area contributed by atoms with Crippen LogP contribution in [0.4, 0.5) is 0 Å². The highest BCUT2D eigenvalue weighted by atomic mass is 16.1. The minimum Gasteiger partial charge on any atom is -0.353 e. The smallest absolute Gasteiger partial charge is 0.220 e.